The molecule has 1 aliphatic rings. The number of carboxylic acids is 1. The number of ether oxygens (including phenoxy) is 1. The monoisotopic (exact) mass is 339 g/mol. The molecule has 2 aromatic rings. The predicted molar refractivity (Wildman–Crippen MR) is 93.6 cm³/mol. The Labute approximate surface area is 146 Å². The minimum Gasteiger partial charge on any atom is -0.478 e. The molecule has 0 bridgehead atoms. The van der Waals surface area contributed by atoms with Crippen LogP contribution in [-0.2, 0) is 22.4 Å². The molecule has 1 atom stereocenters. The van der Waals surface area contributed by atoms with Crippen molar-refractivity contribution < 1.29 is 19.4 Å². The third-order valence-electron chi connectivity index (χ3n) is 4.33. The molecule has 1 amide bonds. The van der Waals surface area contributed by atoms with E-state index in [0.29, 0.717) is 19.7 Å². The summed E-state index contributed by atoms with van der Waals surface area (Å²) in [5.41, 5.74) is 2.11. The van der Waals surface area contributed by atoms with Gasteiger partial charge in [-0.25, -0.2) is 4.79 Å². The van der Waals surface area contributed by atoms with E-state index in [4.69, 9.17) is 9.84 Å². The second-order valence-corrected chi connectivity index (χ2v) is 6.20. The molecule has 0 radical (unpaired) electrons. The van der Waals surface area contributed by atoms with Crippen molar-refractivity contribution in [2.45, 2.75) is 18.9 Å². The Hall–Kier alpha value is -2.66. The molecule has 1 aliphatic heterocycles. The Kier molecular flexibility index (Phi) is 5.46. The summed E-state index contributed by atoms with van der Waals surface area (Å²) in [6.07, 6.45) is 0.976. The zero-order valence-electron chi connectivity index (χ0n) is 13.9. The van der Waals surface area contributed by atoms with Crippen molar-refractivity contribution in [3.8, 4) is 0 Å². The number of hydrogen-bond donors (Lipinski definition) is 1. The van der Waals surface area contributed by atoms with Crippen LogP contribution in [0.4, 0.5) is 0 Å². The molecule has 0 saturated carbocycles. The number of carbonyl (C=O) groups is 2. The molecular weight excluding hydrogens is 318 g/mol. The molecule has 25 heavy (non-hydrogen) atoms. The van der Waals surface area contributed by atoms with E-state index >= 15 is 0 Å². The summed E-state index contributed by atoms with van der Waals surface area (Å²) in [4.78, 5) is 25.4. The number of rotatable bonds is 5. The second kappa shape index (κ2) is 7.94. The number of amides is 1. The van der Waals surface area contributed by atoms with Gasteiger partial charge in [0.15, 0.2) is 0 Å². The van der Waals surface area contributed by atoms with E-state index < -0.39 is 5.97 Å². The molecule has 5 heteroatoms. The molecule has 0 spiro atoms. The summed E-state index contributed by atoms with van der Waals surface area (Å²) in [5, 5.41) is 9.06. The second-order valence-electron chi connectivity index (χ2n) is 6.20. The van der Waals surface area contributed by atoms with E-state index in [1.54, 1.807) is 18.2 Å². The van der Waals surface area contributed by atoms with Gasteiger partial charge in [0.05, 0.1) is 24.7 Å². The summed E-state index contributed by atoms with van der Waals surface area (Å²) < 4.78 is 5.79. The summed E-state index contributed by atoms with van der Waals surface area (Å²) in [7, 11) is 0. The van der Waals surface area contributed by atoms with E-state index in [1.807, 2.05) is 23.1 Å². The van der Waals surface area contributed by atoms with Gasteiger partial charge in [0, 0.05) is 19.5 Å². The van der Waals surface area contributed by atoms with E-state index in [9.17, 15) is 9.59 Å². The van der Waals surface area contributed by atoms with Gasteiger partial charge in [0.2, 0.25) is 5.91 Å². The number of nitrogens with zero attached hydrogens (tertiary/aromatic N) is 1. The predicted octanol–water partition coefficient (Wildman–Crippen LogP) is 2.40. The van der Waals surface area contributed by atoms with Crippen LogP contribution in [0.25, 0.3) is 0 Å². The first-order valence-electron chi connectivity index (χ1n) is 8.37. The van der Waals surface area contributed by atoms with Crippen molar-refractivity contribution in [2.24, 2.45) is 0 Å². The van der Waals surface area contributed by atoms with Crippen LogP contribution in [0, 0.1) is 0 Å². The molecule has 1 unspecified atom stereocenters. The number of benzene rings is 2. The fraction of sp³-hybridized carbons (Fsp3) is 0.300. The maximum Gasteiger partial charge on any atom is 0.335 e. The Bertz CT molecular complexity index is 744. The Morgan fingerprint density at radius 2 is 1.84 bits per heavy atom. The maximum absolute atomic E-state index is 12.6. The molecular formula is C20H21NO4. The first kappa shape index (κ1) is 17.2. The first-order chi connectivity index (χ1) is 12.1. The van der Waals surface area contributed by atoms with E-state index in [2.05, 4.69) is 12.1 Å². The maximum atomic E-state index is 12.6. The Balaban J connectivity index is 1.60. The van der Waals surface area contributed by atoms with Crippen LogP contribution in [0.15, 0.2) is 54.6 Å². The van der Waals surface area contributed by atoms with E-state index in [0.717, 1.165) is 12.0 Å². The first-order valence-corrected chi connectivity index (χ1v) is 8.37. The molecule has 3 rings (SSSR count). The third kappa shape index (κ3) is 4.67. The molecule has 5 nitrogen and oxygen atoms in total. The lowest BCUT2D eigenvalue weighted by Crippen LogP contribution is -2.46. The summed E-state index contributed by atoms with van der Waals surface area (Å²) in [5.74, 6) is -0.979. The fourth-order valence-electron chi connectivity index (χ4n) is 3.05. The van der Waals surface area contributed by atoms with Crippen molar-refractivity contribution >= 4 is 11.9 Å². The number of carbonyl (C=O) groups excluding carboxylic acids is 1. The minimum atomic E-state index is -0.983. The van der Waals surface area contributed by atoms with Crippen LogP contribution in [0.1, 0.15) is 21.5 Å². The smallest absolute Gasteiger partial charge is 0.335 e. The van der Waals surface area contributed by atoms with Gasteiger partial charge in [0.1, 0.15) is 0 Å². The topological polar surface area (TPSA) is 66.8 Å². The third-order valence-corrected chi connectivity index (χ3v) is 4.33. The molecule has 130 valence electrons. The van der Waals surface area contributed by atoms with E-state index in [1.165, 1.54) is 11.6 Å². The van der Waals surface area contributed by atoms with Crippen LogP contribution < -0.4 is 0 Å². The fourth-order valence-corrected chi connectivity index (χ4v) is 3.05. The lowest BCUT2D eigenvalue weighted by Gasteiger charge is -2.33. The molecule has 1 saturated heterocycles. The van der Waals surface area contributed by atoms with Gasteiger partial charge in [-0.3, -0.25) is 4.79 Å². The van der Waals surface area contributed by atoms with Gasteiger partial charge in [0.25, 0.3) is 0 Å². The van der Waals surface area contributed by atoms with Crippen molar-refractivity contribution in [3.63, 3.8) is 0 Å². The minimum absolute atomic E-state index is 0.00361. The normalized spacial score (nSPS) is 17.3. The van der Waals surface area contributed by atoms with Crippen molar-refractivity contribution in [1.82, 2.24) is 4.90 Å². The molecule has 1 heterocycles. The van der Waals surface area contributed by atoms with Gasteiger partial charge in [-0.1, -0.05) is 42.5 Å². The highest BCUT2D eigenvalue weighted by atomic mass is 16.5. The van der Waals surface area contributed by atoms with Crippen LogP contribution >= 0.6 is 0 Å². The van der Waals surface area contributed by atoms with Crippen LogP contribution in [-0.4, -0.2) is 47.7 Å². The average molecular weight is 339 g/mol. The highest BCUT2D eigenvalue weighted by Crippen LogP contribution is 2.14. The Morgan fingerprint density at radius 1 is 1.08 bits per heavy atom. The van der Waals surface area contributed by atoms with Crippen molar-refractivity contribution in [3.05, 3.63) is 71.3 Å². The summed E-state index contributed by atoms with van der Waals surface area (Å²) >= 11 is 0. The molecule has 0 aromatic heterocycles. The lowest BCUT2D eigenvalue weighted by atomic mass is 10.1. The average Bonchev–Trinajstić information content (AvgIpc) is 2.63. The lowest BCUT2D eigenvalue weighted by molar-refractivity contribution is -0.138. The number of carboxylic acid groups (broad SMARTS) is 1. The number of aromatic carboxylic acids is 1. The largest absolute Gasteiger partial charge is 0.478 e. The summed E-state index contributed by atoms with van der Waals surface area (Å²) in [6, 6.07) is 16.6. The van der Waals surface area contributed by atoms with Gasteiger partial charge in [-0.05, 0) is 23.3 Å². The van der Waals surface area contributed by atoms with Crippen molar-refractivity contribution in [1.29, 1.82) is 0 Å². The van der Waals surface area contributed by atoms with Gasteiger partial charge < -0.3 is 14.7 Å². The highest BCUT2D eigenvalue weighted by Gasteiger charge is 2.24. The Morgan fingerprint density at radius 3 is 2.60 bits per heavy atom. The molecule has 1 N–H and O–H groups in total. The van der Waals surface area contributed by atoms with E-state index in [-0.39, 0.29) is 24.0 Å². The van der Waals surface area contributed by atoms with Crippen molar-refractivity contribution in [2.75, 3.05) is 19.7 Å². The van der Waals surface area contributed by atoms with Crippen LogP contribution in [0.2, 0.25) is 0 Å². The number of morpholine rings is 1. The number of hydrogen-bond acceptors (Lipinski definition) is 3. The quantitative estimate of drug-likeness (QED) is 0.908. The zero-order chi connectivity index (χ0) is 17.6. The highest BCUT2D eigenvalue weighted by molar-refractivity contribution is 5.88. The van der Waals surface area contributed by atoms with Gasteiger partial charge in [-0.15, -0.1) is 0 Å². The molecule has 1 fully saturated rings. The van der Waals surface area contributed by atoms with Gasteiger partial charge >= 0.3 is 5.97 Å². The van der Waals surface area contributed by atoms with Crippen LogP contribution in [0.3, 0.4) is 0 Å². The molecule has 2 aromatic carbocycles. The summed E-state index contributed by atoms with van der Waals surface area (Å²) in [6.45, 7) is 1.66. The van der Waals surface area contributed by atoms with Gasteiger partial charge in [-0.2, -0.15) is 0 Å². The SMILES string of the molecule is O=C(O)c1cccc(CC(=O)N2CCOC(Cc3ccccc3)C2)c1. The van der Waals surface area contributed by atoms with Crippen LogP contribution in [0.5, 0.6) is 0 Å². The standard InChI is InChI=1S/C20H21NO4/c22-19(13-16-7-4-8-17(11-16)20(23)24)21-9-10-25-18(14-21)12-15-5-2-1-3-6-15/h1-8,11,18H,9-10,12-14H2,(H,23,24). The molecule has 0 aliphatic carbocycles. The zero-order valence-corrected chi connectivity index (χ0v) is 13.9.